The Balaban J connectivity index is 2.16. The van der Waals surface area contributed by atoms with Crippen LogP contribution < -0.4 is 10.6 Å². The van der Waals surface area contributed by atoms with Gasteiger partial charge in [0.25, 0.3) is 0 Å². The van der Waals surface area contributed by atoms with Gasteiger partial charge in [-0.2, -0.15) is 0 Å². The summed E-state index contributed by atoms with van der Waals surface area (Å²) in [7, 11) is 0. The maximum atomic E-state index is 11.2. The van der Waals surface area contributed by atoms with Gasteiger partial charge >= 0.3 is 6.03 Å². The third-order valence-corrected chi connectivity index (χ3v) is 3.01. The average molecular weight is 227 g/mol. The first-order chi connectivity index (χ1) is 7.24. The lowest BCUT2D eigenvalue weighted by atomic mass is 10.3. The van der Waals surface area contributed by atoms with Crippen molar-refractivity contribution in [2.45, 2.75) is 26.7 Å². The number of aryl methyl sites for hydroxylation is 1. The molecule has 2 amide bonds. The second-order valence-electron chi connectivity index (χ2n) is 3.29. The van der Waals surface area contributed by atoms with Crippen molar-refractivity contribution in [2.24, 2.45) is 0 Å². The van der Waals surface area contributed by atoms with E-state index >= 15 is 0 Å². The first-order valence-electron chi connectivity index (χ1n) is 5.14. The van der Waals surface area contributed by atoms with Crippen LogP contribution >= 0.6 is 11.3 Å². The van der Waals surface area contributed by atoms with Gasteiger partial charge in [0.15, 0.2) is 0 Å². The van der Waals surface area contributed by atoms with Crippen LogP contribution in [0.5, 0.6) is 0 Å². The molecule has 1 heterocycles. The SMILES string of the molecule is CCCNC(=O)NCCc1scnc1C. The van der Waals surface area contributed by atoms with Crippen molar-refractivity contribution in [3.63, 3.8) is 0 Å². The number of aromatic nitrogens is 1. The number of nitrogens with one attached hydrogen (secondary N) is 2. The lowest BCUT2D eigenvalue weighted by Crippen LogP contribution is -2.36. The molecule has 0 bridgehead atoms. The van der Waals surface area contributed by atoms with Crippen LogP contribution in [0.4, 0.5) is 4.79 Å². The van der Waals surface area contributed by atoms with Gasteiger partial charge in [-0.25, -0.2) is 9.78 Å². The molecule has 0 aromatic carbocycles. The number of urea groups is 1. The summed E-state index contributed by atoms with van der Waals surface area (Å²) in [6.45, 7) is 5.41. The van der Waals surface area contributed by atoms with E-state index in [1.807, 2.05) is 19.4 Å². The molecule has 84 valence electrons. The zero-order valence-corrected chi connectivity index (χ0v) is 9.99. The Kier molecular flexibility index (Phi) is 5.10. The summed E-state index contributed by atoms with van der Waals surface area (Å²) in [5.74, 6) is 0. The number of hydrogen-bond donors (Lipinski definition) is 2. The van der Waals surface area contributed by atoms with E-state index in [-0.39, 0.29) is 6.03 Å². The summed E-state index contributed by atoms with van der Waals surface area (Å²) in [6, 6.07) is -0.0842. The van der Waals surface area contributed by atoms with Crippen LogP contribution in [0.25, 0.3) is 0 Å². The van der Waals surface area contributed by atoms with E-state index in [0.717, 1.165) is 25.1 Å². The van der Waals surface area contributed by atoms with Crippen molar-refractivity contribution >= 4 is 17.4 Å². The summed E-state index contributed by atoms with van der Waals surface area (Å²) < 4.78 is 0. The van der Waals surface area contributed by atoms with Gasteiger partial charge in [0.1, 0.15) is 0 Å². The van der Waals surface area contributed by atoms with Crippen LogP contribution in [0, 0.1) is 6.92 Å². The molecule has 4 nitrogen and oxygen atoms in total. The molecule has 0 aliphatic rings. The van der Waals surface area contributed by atoms with Gasteiger partial charge in [-0.3, -0.25) is 0 Å². The van der Waals surface area contributed by atoms with E-state index in [4.69, 9.17) is 0 Å². The lowest BCUT2D eigenvalue weighted by molar-refractivity contribution is 0.241. The van der Waals surface area contributed by atoms with Gasteiger partial charge < -0.3 is 10.6 Å². The predicted octanol–water partition coefficient (Wildman–Crippen LogP) is 1.70. The number of hydrogen-bond acceptors (Lipinski definition) is 3. The molecule has 1 aromatic rings. The van der Waals surface area contributed by atoms with Crippen molar-refractivity contribution in [1.29, 1.82) is 0 Å². The maximum absolute atomic E-state index is 11.2. The van der Waals surface area contributed by atoms with E-state index in [2.05, 4.69) is 15.6 Å². The van der Waals surface area contributed by atoms with E-state index in [1.54, 1.807) is 11.3 Å². The minimum Gasteiger partial charge on any atom is -0.338 e. The third kappa shape index (κ3) is 4.29. The van der Waals surface area contributed by atoms with Crippen molar-refractivity contribution in [3.8, 4) is 0 Å². The van der Waals surface area contributed by atoms with Gasteiger partial charge in [-0.15, -0.1) is 11.3 Å². The minimum atomic E-state index is -0.0842. The first kappa shape index (κ1) is 12.0. The molecule has 0 aliphatic carbocycles. The van der Waals surface area contributed by atoms with Crippen molar-refractivity contribution in [2.75, 3.05) is 13.1 Å². The molecule has 0 saturated carbocycles. The van der Waals surface area contributed by atoms with Gasteiger partial charge in [-0.1, -0.05) is 6.92 Å². The van der Waals surface area contributed by atoms with Gasteiger partial charge in [0.2, 0.25) is 0 Å². The summed E-state index contributed by atoms with van der Waals surface area (Å²) in [4.78, 5) is 16.6. The monoisotopic (exact) mass is 227 g/mol. The Bertz CT molecular complexity index is 311. The van der Waals surface area contributed by atoms with Crippen molar-refractivity contribution in [1.82, 2.24) is 15.6 Å². The molecule has 0 radical (unpaired) electrons. The summed E-state index contributed by atoms with van der Waals surface area (Å²) in [5.41, 5.74) is 2.90. The van der Waals surface area contributed by atoms with Crippen LogP contribution in [-0.2, 0) is 6.42 Å². The lowest BCUT2D eigenvalue weighted by Gasteiger charge is -2.05. The highest BCUT2D eigenvalue weighted by atomic mass is 32.1. The average Bonchev–Trinajstić information content (AvgIpc) is 2.61. The molecule has 0 fully saturated rings. The van der Waals surface area contributed by atoms with Crippen molar-refractivity contribution in [3.05, 3.63) is 16.1 Å². The predicted molar refractivity (Wildman–Crippen MR) is 62.2 cm³/mol. The quantitative estimate of drug-likeness (QED) is 0.804. The van der Waals surface area contributed by atoms with Crippen molar-refractivity contribution < 1.29 is 4.79 Å². The Hall–Kier alpha value is -1.10. The topological polar surface area (TPSA) is 54.0 Å². The zero-order chi connectivity index (χ0) is 11.1. The van der Waals surface area contributed by atoms with Gasteiger partial charge in [-0.05, 0) is 13.3 Å². The molecular formula is C10H17N3OS. The highest BCUT2D eigenvalue weighted by Gasteiger charge is 2.02. The molecule has 0 atom stereocenters. The Labute approximate surface area is 94.1 Å². The molecule has 5 heteroatoms. The van der Waals surface area contributed by atoms with Crippen LogP contribution in [0.15, 0.2) is 5.51 Å². The standard InChI is InChI=1S/C10H17N3OS/c1-3-5-11-10(14)12-6-4-9-8(2)13-7-15-9/h7H,3-6H2,1-2H3,(H2,11,12,14). The number of thiazole rings is 1. The second-order valence-corrected chi connectivity index (χ2v) is 4.23. The highest BCUT2D eigenvalue weighted by molar-refractivity contribution is 7.09. The summed E-state index contributed by atoms with van der Waals surface area (Å²) in [5, 5.41) is 5.58. The molecular weight excluding hydrogens is 210 g/mol. The zero-order valence-electron chi connectivity index (χ0n) is 9.17. The number of rotatable bonds is 5. The molecule has 2 N–H and O–H groups in total. The molecule has 1 aromatic heterocycles. The second kappa shape index (κ2) is 6.40. The first-order valence-corrected chi connectivity index (χ1v) is 6.02. The molecule has 0 spiro atoms. The van der Waals surface area contributed by atoms with Crippen LogP contribution in [0.1, 0.15) is 23.9 Å². The van der Waals surface area contributed by atoms with E-state index in [1.165, 1.54) is 4.88 Å². The summed E-state index contributed by atoms with van der Waals surface area (Å²) in [6.07, 6.45) is 1.82. The fraction of sp³-hybridized carbons (Fsp3) is 0.600. The highest BCUT2D eigenvalue weighted by Crippen LogP contribution is 2.11. The Morgan fingerprint density at radius 1 is 1.47 bits per heavy atom. The number of amides is 2. The maximum Gasteiger partial charge on any atom is 0.314 e. The summed E-state index contributed by atoms with van der Waals surface area (Å²) >= 11 is 1.64. The van der Waals surface area contributed by atoms with Crippen LogP contribution in [0.2, 0.25) is 0 Å². The Morgan fingerprint density at radius 3 is 2.80 bits per heavy atom. The van der Waals surface area contributed by atoms with E-state index in [0.29, 0.717) is 6.54 Å². The largest absolute Gasteiger partial charge is 0.338 e. The molecule has 1 rings (SSSR count). The van der Waals surface area contributed by atoms with E-state index in [9.17, 15) is 4.79 Å². The number of nitrogens with zero attached hydrogens (tertiary/aromatic N) is 1. The molecule has 0 saturated heterocycles. The van der Waals surface area contributed by atoms with Gasteiger partial charge in [0, 0.05) is 24.4 Å². The third-order valence-electron chi connectivity index (χ3n) is 2.02. The minimum absolute atomic E-state index is 0.0842. The Morgan fingerprint density at radius 2 is 2.20 bits per heavy atom. The fourth-order valence-corrected chi connectivity index (χ4v) is 1.94. The fourth-order valence-electron chi connectivity index (χ4n) is 1.16. The van der Waals surface area contributed by atoms with Gasteiger partial charge in [0.05, 0.1) is 11.2 Å². The number of carbonyl (C=O) groups is 1. The molecule has 0 aliphatic heterocycles. The van der Waals surface area contributed by atoms with E-state index < -0.39 is 0 Å². The molecule has 15 heavy (non-hydrogen) atoms. The molecule has 0 unspecified atom stereocenters. The van der Waals surface area contributed by atoms with Crippen LogP contribution in [0.3, 0.4) is 0 Å². The van der Waals surface area contributed by atoms with Crippen LogP contribution in [-0.4, -0.2) is 24.1 Å². The number of carbonyl (C=O) groups excluding carboxylic acids is 1. The smallest absolute Gasteiger partial charge is 0.314 e. The normalized spacial score (nSPS) is 10.0.